The van der Waals surface area contributed by atoms with Crippen LogP contribution < -0.4 is 31.8 Å². The molecular formula is C40H34F6NO5P2Rh+3. The molecule has 0 aromatic heterocycles. The number of halogens is 6. The zero-order valence-electron chi connectivity index (χ0n) is 28.5. The summed E-state index contributed by atoms with van der Waals surface area (Å²) in [4.78, 5) is 17.8. The second-order valence-electron chi connectivity index (χ2n) is 10.6. The zero-order chi connectivity index (χ0) is 40.0. The number of carbonyl (C=O) groups is 2. The van der Waals surface area contributed by atoms with Gasteiger partial charge in [-0.2, -0.15) is 26.3 Å². The van der Waals surface area contributed by atoms with E-state index >= 15 is 0 Å². The Labute approximate surface area is 328 Å². The zero-order valence-corrected chi connectivity index (χ0v) is 32.1. The maximum atomic E-state index is 10.6. The molecule has 0 bridgehead atoms. The first-order chi connectivity index (χ1) is 25.8. The molecule has 55 heavy (non-hydrogen) atoms. The van der Waals surface area contributed by atoms with E-state index in [4.69, 9.17) is 30.0 Å². The fourth-order valence-corrected chi connectivity index (χ4v) is 9.78. The van der Waals surface area contributed by atoms with Crippen molar-refractivity contribution in [2.24, 2.45) is 0 Å². The Balaban J connectivity index is 0.000000395. The van der Waals surface area contributed by atoms with E-state index in [1.807, 2.05) is 0 Å². The van der Waals surface area contributed by atoms with Gasteiger partial charge in [0, 0.05) is 19.5 Å². The summed E-state index contributed by atoms with van der Waals surface area (Å²) in [6.07, 6.45) is -10.2. The molecule has 15 heteroatoms. The first kappa shape index (κ1) is 48.0. The van der Waals surface area contributed by atoms with Crippen LogP contribution >= 0.6 is 15.8 Å². The summed E-state index contributed by atoms with van der Waals surface area (Å²) in [5.74, 6) is -5.51. The van der Waals surface area contributed by atoms with Crippen LogP contribution in [0.15, 0.2) is 182 Å². The Hall–Kier alpha value is -5.01. The predicted octanol–water partition coefficient (Wildman–Crippen LogP) is 7.51. The average Bonchev–Trinajstić information content (AvgIpc) is 3.18. The summed E-state index contributed by atoms with van der Waals surface area (Å²) in [6, 6.07) is 65.0. The van der Waals surface area contributed by atoms with Gasteiger partial charge in [-0.1, -0.05) is 109 Å². The number of hydrogen-bond donors (Lipinski definition) is 2. The van der Waals surface area contributed by atoms with Gasteiger partial charge in [-0.05, 0) is 72.8 Å². The van der Waals surface area contributed by atoms with Gasteiger partial charge in [0.1, 0.15) is 31.8 Å². The molecule has 6 nitrogen and oxygen atoms in total. The first-order valence-electron chi connectivity index (χ1n) is 15.6. The van der Waals surface area contributed by atoms with Gasteiger partial charge in [0.2, 0.25) is 0 Å². The van der Waals surface area contributed by atoms with Gasteiger partial charge in [-0.25, -0.2) is 9.59 Å². The summed E-state index contributed by atoms with van der Waals surface area (Å²) in [5.41, 5.74) is 5.75. The van der Waals surface area contributed by atoms with Crippen LogP contribution in [0.25, 0.3) is 0 Å². The molecule has 0 unspecified atom stereocenters. The van der Waals surface area contributed by atoms with Crippen LogP contribution in [0.5, 0.6) is 0 Å². The normalized spacial score (nSPS) is 10.2. The number of benzene rings is 6. The minimum atomic E-state index is -5.08. The summed E-state index contributed by atoms with van der Waals surface area (Å²) in [5, 5.41) is 22.9. The van der Waals surface area contributed by atoms with Crippen LogP contribution in [0, 0.1) is 5.46 Å². The standard InChI is InChI=1S/2C18H15P.2C2HF3O2.NO.Rh/c2*1-4-10-16(11-5-1)19(17-12-6-2-7-13-17)18-14-8-3-9-15-18;2*3-2(4,5)1(6)7;1-2;/h2*1-15H;2*(H,6,7);;/q;;;;+1;/p+2. The van der Waals surface area contributed by atoms with Crippen LogP contribution in [0.4, 0.5) is 26.3 Å². The van der Waals surface area contributed by atoms with E-state index in [0.29, 0.717) is 0 Å². The summed E-state index contributed by atoms with van der Waals surface area (Å²) in [7, 11) is -1.75. The molecule has 0 saturated heterocycles. The summed E-state index contributed by atoms with van der Waals surface area (Å²) < 4.78 is 70.7. The minimum absolute atomic E-state index is 0. The molecule has 0 fully saturated rings. The van der Waals surface area contributed by atoms with E-state index in [9.17, 15) is 26.3 Å². The maximum Gasteiger partial charge on any atom is 0.490 e. The summed E-state index contributed by atoms with van der Waals surface area (Å²) in [6.45, 7) is 0. The minimum Gasteiger partial charge on any atom is -0.475 e. The van der Waals surface area contributed by atoms with Crippen LogP contribution in [-0.2, 0) is 33.8 Å². The number of aliphatic carboxylic acids is 2. The number of carboxylic acids is 2. The monoisotopic (exact) mass is 887 g/mol. The van der Waals surface area contributed by atoms with Gasteiger partial charge >= 0.3 is 34.5 Å². The Bertz CT molecular complexity index is 1630. The third-order valence-corrected chi connectivity index (χ3v) is 12.3. The van der Waals surface area contributed by atoms with Crippen LogP contribution in [0.1, 0.15) is 0 Å². The topological polar surface area (TPSA) is 118 Å². The van der Waals surface area contributed by atoms with Gasteiger partial charge in [0.25, 0.3) is 0 Å². The van der Waals surface area contributed by atoms with Crippen molar-refractivity contribution >= 4 is 59.6 Å². The van der Waals surface area contributed by atoms with Crippen molar-refractivity contribution in [2.75, 3.05) is 0 Å². The molecule has 0 saturated carbocycles. The molecule has 0 atom stereocenters. The molecule has 0 amide bonds. The van der Waals surface area contributed by atoms with Crippen LogP contribution in [0.2, 0.25) is 0 Å². The van der Waals surface area contributed by atoms with Gasteiger partial charge in [-0.3, -0.25) is 0 Å². The molecule has 1 radical (unpaired) electrons. The van der Waals surface area contributed by atoms with E-state index in [1.165, 1.54) is 31.8 Å². The molecule has 6 aromatic rings. The molecule has 0 aliphatic rings. The number of nitrogens with zero attached hydrogens (tertiary/aromatic N) is 1. The molecule has 0 aliphatic carbocycles. The third-order valence-electron chi connectivity index (χ3n) is 6.86. The summed E-state index contributed by atoms with van der Waals surface area (Å²) >= 11 is 0. The number of carboxylic acid groups (broad SMARTS) is 2. The third kappa shape index (κ3) is 17.3. The molecule has 0 heterocycles. The Morgan fingerprint density at radius 1 is 0.382 bits per heavy atom. The molecule has 2 N–H and O–H groups in total. The second kappa shape index (κ2) is 25.1. The Morgan fingerprint density at radius 2 is 0.491 bits per heavy atom. The first-order valence-corrected chi connectivity index (χ1v) is 18.6. The van der Waals surface area contributed by atoms with E-state index in [2.05, 4.69) is 182 Å². The van der Waals surface area contributed by atoms with E-state index < -0.39 is 40.1 Å². The second-order valence-corrected chi connectivity index (χ2v) is 15.5. The largest absolute Gasteiger partial charge is 0.490 e. The Morgan fingerprint density at radius 3 is 0.582 bits per heavy atom. The van der Waals surface area contributed by atoms with Gasteiger partial charge in [0.15, 0.2) is 0 Å². The van der Waals surface area contributed by atoms with Crippen molar-refractivity contribution < 1.29 is 70.4 Å². The maximum absolute atomic E-state index is 10.6. The van der Waals surface area contributed by atoms with Crippen molar-refractivity contribution in [3.05, 3.63) is 182 Å². The van der Waals surface area contributed by atoms with E-state index in [-0.39, 0.29) is 19.5 Å². The van der Waals surface area contributed by atoms with Crippen molar-refractivity contribution in [2.45, 2.75) is 12.4 Å². The fraction of sp³-hybridized carbons (Fsp3) is 0.0500. The van der Waals surface area contributed by atoms with Gasteiger partial charge < -0.3 is 10.2 Å². The molecule has 287 valence electrons. The molecule has 0 aliphatic heterocycles. The number of alkyl halides is 6. The van der Waals surface area contributed by atoms with Gasteiger partial charge in [0.05, 0.1) is 15.8 Å². The van der Waals surface area contributed by atoms with Crippen LogP contribution in [-0.4, -0.2) is 34.5 Å². The molecule has 0 spiro atoms. The smallest absolute Gasteiger partial charge is 0.475 e. The number of rotatable bonds is 6. The Kier molecular flexibility index (Phi) is 22.0. The van der Waals surface area contributed by atoms with Crippen molar-refractivity contribution in [1.82, 2.24) is 0 Å². The SMILES string of the molecule is N#[O+].O=C(O)C(F)(F)F.O=C(O)C(F)(F)F.[Rh].c1ccc([PH+](c2ccccc2)c2ccccc2)cc1.c1ccc([PH+](c2ccccc2)c2ccccc2)cc1. The van der Waals surface area contributed by atoms with Gasteiger partial charge in [-0.15, -0.1) is 0 Å². The average molecular weight is 888 g/mol. The predicted molar refractivity (Wildman–Crippen MR) is 203 cm³/mol. The fourth-order valence-electron chi connectivity index (χ4n) is 4.63. The van der Waals surface area contributed by atoms with E-state index in [0.717, 1.165) is 0 Å². The van der Waals surface area contributed by atoms with Crippen LogP contribution in [0.3, 0.4) is 0 Å². The number of hydrogen-bond acceptors (Lipinski definition) is 3. The van der Waals surface area contributed by atoms with E-state index in [1.54, 1.807) is 0 Å². The van der Waals surface area contributed by atoms with Crippen molar-refractivity contribution in [3.8, 4) is 0 Å². The quantitative estimate of drug-likeness (QED) is 0.0778. The molecular weight excluding hydrogens is 853 g/mol. The molecule has 6 rings (SSSR count). The molecule has 6 aromatic carbocycles. The van der Waals surface area contributed by atoms with Crippen molar-refractivity contribution in [1.29, 1.82) is 5.46 Å². The van der Waals surface area contributed by atoms with Crippen molar-refractivity contribution in [3.63, 3.8) is 0 Å².